The number of aliphatic hydroxyl groups is 1. The Morgan fingerprint density at radius 2 is 1.74 bits per heavy atom. The first kappa shape index (κ1) is 25.2. The van der Waals surface area contributed by atoms with E-state index in [0.717, 1.165) is 17.0 Å². The molecular weight excluding hydrogens is 503 g/mol. The Bertz CT molecular complexity index is 1450. The molecule has 1 N–H and O–H groups in total. The van der Waals surface area contributed by atoms with Crippen molar-refractivity contribution in [1.29, 1.82) is 0 Å². The minimum Gasteiger partial charge on any atom is -0.507 e. The minimum atomic E-state index is -4.57. The topological polar surface area (TPSA) is 85.3 Å². The molecule has 10 heteroatoms. The van der Waals surface area contributed by atoms with E-state index in [1.807, 2.05) is 0 Å². The number of amides is 1. The third-order valence-electron chi connectivity index (χ3n) is 6.37. The van der Waals surface area contributed by atoms with Crippen LogP contribution in [0.3, 0.4) is 0 Å². The maximum atomic E-state index is 13.3. The number of methoxy groups -OCH3 is 1. The highest BCUT2D eigenvalue weighted by atomic mass is 19.4. The fraction of sp³-hybridized carbons (Fsp3) is 0.214. The van der Waals surface area contributed by atoms with Crippen LogP contribution in [0.5, 0.6) is 17.2 Å². The van der Waals surface area contributed by atoms with Crippen LogP contribution in [-0.2, 0) is 22.3 Å². The molecule has 0 spiro atoms. The molecule has 3 aromatic rings. The van der Waals surface area contributed by atoms with Crippen LogP contribution in [0.25, 0.3) is 5.76 Å². The molecule has 1 unspecified atom stereocenters. The van der Waals surface area contributed by atoms with Crippen molar-refractivity contribution < 1.29 is 42.1 Å². The number of fused-ring (bicyclic) bond motifs is 1. The highest BCUT2D eigenvalue weighted by Gasteiger charge is 2.46. The number of carbonyl (C=O) groups is 2. The van der Waals surface area contributed by atoms with Crippen LogP contribution in [0.4, 0.5) is 13.2 Å². The fourth-order valence-electron chi connectivity index (χ4n) is 4.59. The summed E-state index contributed by atoms with van der Waals surface area (Å²) in [5, 5.41) is 11.3. The molecule has 0 aromatic heterocycles. The van der Waals surface area contributed by atoms with Gasteiger partial charge in [-0.1, -0.05) is 24.3 Å². The van der Waals surface area contributed by atoms with E-state index >= 15 is 0 Å². The lowest BCUT2D eigenvalue weighted by Gasteiger charge is -2.26. The molecule has 5 rings (SSSR count). The predicted octanol–water partition coefficient (Wildman–Crippen LogP) is 5.11. The molecule has 1 atom stereocenters. The number of likely N-dealkylation sites (tertiary alicyclic amines) is 1. The van der Waals surface area contributed by atoms with Gasteiger partial charge in [0.2, 0.25) is 0 Å². The first-order valence-electron chi connectivity index (χ1n) is 11.7. The van der Waals surface area contributed by atoms with Gasteiger partial charge >= 0.3 is 6.18 Å². The van der Waals surface area contributed by atoms with E-state index in [1.54, 1.807) is 30.3 Å². The SMILES string of the molecule is COc1cccc(C2/C(=C(/O)c3ccc4c(c3)OCCO4)C(=O)C(=O)N2Cc2cccc(C(F)(F)F)c2)c1. The van der Waals surface area contributed by atoms with Crippen molar-refractivity contribution in [2.45, 2.75) is 18.8 Å². The van der Waals surface area contributed by atoms with E-state index in [9.17, 15) is 27.9 Å². The molecule has 7 nitrogen and oxygen atoms in total. The Hall–Kier alpha value is -4.47. The number of halogens is 3. The van der Waals surface area contributed by atoms with Crippen molar-refractivity contribution in [3.8, 4) is 17.2 Å². The average Bonchev–Trinajstić information content (AvgIpc) is 3.17. The summed E-state index contributed by atoms with van der Waals surface area (Å²) in [6.07, 6.45) is -4.57. The number of ether oxygens (including phenoxy) is 3. The fourth-order valence-corrected chi connectivity index (χ4v) is 4.59. The van der Waals surface area contributed by atoms with Crippen LogP contribution in [0.2, 0.25) is 0 Å². The Morgan fingerprint density at radius 3 is 2.47 bits per heavy atom. The number of ketones is 1. The summed E-state index contributed by atoms with van der Waals surface area (Å²) in [6.45, 7) is 0.380. The monoisotopic (exact) mass is 525 g/mol. The van der Waals surface area contributed by atoms with E-state index in [-0.39, 0.29) is 23.2 Å². The zero-order valence-electron chi connectivity index (χ0n) is 20.1. The Labute approximate surface area is 215 Å². The second kappa shape index (κ2) is 9.77. The second-order valence-corrected chi connectivity index (χ2v) is 8.76. The lowest BCUT2D eigenvalue weighted by atomic mass is 9.94. The Balaban J connectivity index is 1.62. The number of hydrogen-bond acceptors (Lipinski definition) is 6. The molecular formula is C28H22F3NO6. The average molecular weight is 525 g/mol. The summed E-state index contributed by atoms with van der Waals surface area (Å²) in [7, 11) is 1.45. The molecule has 1 fully saturated rings. The van der Waals surface area contributed by atoms with E-state index < -0.39 is 35.2 Å². The lowest BCUT2D eigenvalue weighted by Crippen LogP contribution is -2.29. The number of alkyl halides is 3. The van der Waals surface area contributed by atoms with Gasteiger partial charge in [0.05, 0.1) is 24.3 Å². The van der Waals surface area contributed by atoms with Crippen molar-refractivity contribution in [2.75, 3.05) is 20.3 Å². The molecule has 1 amide bonds. The molecule has 0 bridgehead atoms. The zero-order chi connectivity index (χ0) is 27.0. The van der Waals surface area contributed by atoms with Gasteiger partial charge in [0.25, 0.3) is 11.7 Å². The van der Waals surface area contributed by atoms with Crippen LogP contribution in [-0.4, -0.2) is 42.0 Å². The summed E-state index contributed by atoms with van der Waals surface area (Å²) in [6, 6.07) is 14.7. The van der Waals surface area contributed by atoms with E-state index in [1.165, 1.54) is 31.4 Å². The maximum Gasteiger partial charge on any atom is 0.416 e. The maximum absolute atomic E-state index is 13.3. The van der Waals surface area contributed by atoms with Gasteiger partial charge in [-0.25, -0.2) is 0 Å². The normalized spacial score (nSPS) is 18.5. The molecule has 2 aliphatic rings. The van der Waals surface area contributed by atoms with Gasteiger partial charge in [-0.05, 0) is 53.6 Å². The first-order chi connectivity index (χ1) is 18.2. The second-order valence-electron chi connectivity index (χ2n) is 8.76. The molecule has 3 aromatic carbocycles. The third-order valence-corrected chi connectivity index (χ3v) is 6.37. The number of benzene rings is 3. The summed E-state index contributed by atoms with van der Waals surface area (Å²) in [5.74, 6) is -1.07. The summed E-state index contributed by atoms with van der Waals surface area (Å²) in [4.78, 5) is 27.7. The van der Waals surface area contributed by atoms with Crippen LogP contribution in [0.1, 0.15) is 28.3 Å². The molecule has 0 radical (unpaired) electrons. The van der Waals surface area contributed by atoms with E-state index in [4.69, 9.17) is 14.2 Å². The van der Waals surface area contributed by atoms with Crippen LogP contribution < -0.4 is 14.2 Å². The van der Waals surface area contributed by atoms with Gasteiger partial charge in [-0.3, -0.25) is 9.59 Å². The number of nitrogens with zero attached hydrogens (tertiary/aromatic N) is 1. The highest BCUT2D eigenvalue weighted by molar-refractivity contribution is 6.46. The summed E-state index contributed by atoms with van der Waals surface area (Å²) < 4.78 is 56.3. The van der Waals surface area contributed by atoms with Crippen LogP contribution >= 0.6 is 0 Å². The Morgan fingerprint density at radius 1 is 1.00 bits per heavy atom. The number of rotatable bonds is 5. The van der Waals surface area contributed by atoms with Crippen molar-refractivity contribution in [3.05, 3.63) is 94.6 Å². The van der Waals surface area contributed by atoms with Crippen molar-refractivity contribution in [3.63, 3.8) is 0 Å². The molecule has 1 saturated heterocycles. The summed E-state index contributed by atoms with van der Waals surface area (Å²) in [5.41, 5.74) is -0.240. The Kier molecular flexibility index (Phi) is 6.48. The quantitative estimate of drug-likeness (QED) is 0.283. The smallest absolute Gasteiger partial charge is 0.416 e. The number of hydrogen-bond donors (Lipinski definition) is 1. The predicted molar refractivity (Wildman–Crippen MR) is 130 cm³/mol. The molecule has 38 heavy (non-hydrogen) atoms. The van der Waals surface area contributed by atoms with Crippen LogP contribution in [0, 0.1) is 0 Å². The molecule has 196 valence electrons. The zero-order valence-corrected chi connectivity index (χ0v) is 20.1. The largest absolute Gasteiger partial charge is 0.507 e. The third kappa shape index (κ3) is 4.65. The van der Waals surface area contributed by atoms with Gasteiger partial charge < -0.3 is 24.2 Å². The van der Waals surface area contributed by atoms with Crippen molar-refractivity contribution in [2.24, 2.45) is 0 Å². The highest BCUT2D eigenvalue weighted by Crippen LogP contribution is 2.42. The minimum absolute atomic E-state index is 0.175. The van der Waals surface area contributed by atoms with E-state index in [2.05, 4.69) is 0 Å². The van der Waals surface area contributed by atoms with Gasteiger partial charge in [-0.15, -0.1) is 0 Å². The number of Topliss-reactive ketones (excluding diaryl/α,β-unsaturated/α-hetero) is 1. The van der Waals surface area contributed by atoms with Crippen LogP contribution in [0.15, 0.2) is 72.3 Å². The molecule has 2 aliphatic heterocycles. The standard InChI is InChI=1S/C28H22F3NO6/c1-36-20-7-3-5-17(13-20)24-23(25(33)18-8-9-21-22(14-18)38-11-10-37-21)26(34)27(35)32(24)15-16-4-2-6-19(12-16)28(29,30)31/h2-9,12-14,24,33H,10-11,15H2,1H3/b25-23-. The molecule has 0 saturated carbocycles. The molecule has 0 aliphatic carbocycles. The van der Waals surface area contributed by atoms with Gasteiger partial charge in [0.15, 0.2) is 11.5 Å². The molecule has 2 heterocycles. The lowest BCUT2D eigenvalue weighted by molar-refractivity contribution is -0.140. The number of aliphatic hydroxyl groups excluding tert-OH is 1. The van der Waals surface area contributed by atoms with Crippen molar-refractivity contribution >= 4 is 17.4 Å². The van der Waals surface area contributed by atoms with Crippen molar-refractivity contribution in [1.82, 2.24) is 4.90 Å². The van der Waals surface area contributed by atoms with Gasteiger partial charge in [0.1, 0.15) is 24.7 Å². The first-order valence-corrected chi connectivity index (χ1v) is 11.7. The van der Waals surface area contributed by atoms with Gasteiger partial charge in [-0.2, -0.15) is 13.2 Å². The number of carbonyl (C=O) groups excluding carboxylic acids is 2. The van der Waals surface area contributed by atoms with E-state index in [0.29, 0.717) is 36.0 Å². The summed E-state index contributed by atoms with van der Waals surface area (Å²) >= 11 is 0. The van der Waals surface area contributed by atoms with Gasteiger partial charge in [0, 0.05) is 12.1 Å².